The van der Waals surface area contributed by atoms with E-state index in [0.717, 1.165) is 11.8 Å². The Kier molecular flexibility index (Phi) is 4.12. The minimum Gasteiger partial charge on any atom is -0.432 e. The third-order valence-electron chi connectivity index (χ3n) is 1.30. The molecular weight excluding hydrogens is 239 g/mol. The van der Waals surface area contributed by atoms with Gasteiger partial charge in [0.25, 0.3) is 5.35 Å². The molecule has 0 aliphatic carbocycles. The molecule has 0 N–H and O–H groups in total. The number of hydrogen-bond donors (Lipinski definition) is 0. The average molecular weight is 246 g/mol. The number of alkyl halides is 3. The van der Waals surface area contributed by atoms with Crippen molar-refractivity contribution in [1.29, 1.82) is 0 Å². The number of oxazole rings is 1. The van der Waals surface area contributed by atoms with E-state index in [1.807, 2.05) is 0 Å². The van der Waals surface area contributed by atoms with Crippen molar-refractivity contribution in [3.8, 4) is 0 Å². The maximum absolute atomic E-state index is 11.7. The number of hydrogen-bond acceptors (Lipinski definition) is 3. The van der Waals surface area contributed by atoms with Gasteiger partial charge in [0, 0.05) is 5.75 Å². The number of thioether (sulfide) groups is 1. The number of nitrogens with zero attached hydrogens (tertiary/aromatic N) is 1. The number of aromatic nitrogens is 1. The standard InChI is InChI=1S/C7H7ClF3NOS/c8-6-12-3-5(13-6)4-14-2-1-7(9,10)11/h3H,1-2,4H2. The van der Waals surface area contributed by atoms with Crippen molar-refractivity contribution in [1.82, 2.24) is 4.98 Å². The van der Waals surface area contributed by atoms with Gasteiger partial charge in [-0.1, -0.05) is 0 Å². The van der Waals surface area contributed by atoms with E-state index in [2.05, 4.69) is 4.98 Å². The Morgan fingerprint density at radius 2 is 2.21 bits per heavy atom. The van der Waals surface area contributed by atoms with E-state index in [1.165, 1.54) is 6.20 Å². The molecule has 0 spiro atoms. The molecule has 0 bridgehead atoms. The van der Waals surface area contributed by atoms with Crippen LogP contribution in [0.2, 0.25) is 5.35 Å². The van der Waals surface area contributed by atoms with Gasteiger partial charge in [0.1, 0.15) is 5.76 Å². The first-order valence-corrected chi connectivity index (χ1v) is 5.25. The molecule has 0 unspecified atom stereocenters. The maximum Gasteiger partial charge on any atom is 0.389 e. The molecule has 0 radical (unpaired) electrons. The Morgan fingerprint density at radius 3 is 2.71 bits per heavy atom. The summed E-state index contributed by atoms with van der Waals surface area (Å²) in [6, 6.07) is 0. The van der Waals surface area contributed by atoms with Gasteiger partial charge in [-0.05, 0) is 11.6 Å². The van der Waals surface area contributed by atoms with Gasteiger partial charge in [-0.3, -0.25) is 0 Å². The lowest BCUT2D eigenvalue weighted by Crippen LogP contribution is -2.08. The van der Waals surface area contributed by atoms with Crippen LogP contribution in [0.4, 0.5) is 13.2 Å². The zero-order valence-corrected chi connectivity index (χ0v) is 8.55. The van der Waals surface area contributed by atoms with E-state index < -0.39 is 12.6 Å². The molecule has 0 atom stereocenters. The molecule has 7 heteroatoms. The first-order chi connectivity index (χ1) is 6.47. The Morgan fingerprint density at radius 1 is 1.50 bits per heavy atom. The molecule has 1 aromatic rings. The fraction of sp³-hybridized carbons (Fsp3) is 0.571. The van der Waals surface area contributed by atoms with E-state index in [0.29, 0.717) is 11.5 Å². The average Bonchev–Trinajstić information content (AvgIpc) is 2.44. The summed E-state index contributed by atoms with van der Waals surface area (Å²) in [4.78, 5) is 3.61. The Hall–Kier alpha value is -0.360. The molecule has 0 saturated heterocycles. The van der Waals surface area contributed by atoms with Crippen LogP contribution in [0, 0.1) is 0 Å². The van der Waals surface area contributed by atoms with Crippen LogP contribution in [-0.4, -0.2) is 16.9 Å². The van der Waals surface area contributed by atoms with Gasteiger partial charge in [-0.25, -0.2) is 4.98 Å². The quantitative estimate of drug-likeness (QED) is 0.760. The lowest BCUT2D eigenvalue weighted by atomic mass is 10.5. The highest BCUT2D eigenvalue weighted by atomic mass is 35.5. The molecule has 0 aromatic carbocycles. The molecule has 1 heterocycles. The van der Waals surface area contributed by atoms with Crippen molar-refractivity contribution in [2.24, 2.45) is 0 Å². The molecule has 1 aromatic heterocycles. The van der Waals surface area contributed by atoms with Crippen LogP contribution in [0.1, 0.15) is 12.2 Å². The van der Waals surface area contributed by atoms with E-state index in [-0.39, 0.29) is 11.1 Å². The van der Waals surface area contributed by atoms with Gasteiger partial charge >= 0.3 is 6.18 Å². The topological polar surface area (TPSA) is 26.0 Å². The van der Waals surface area contributed by atoms with Gasteiger partial charge in [-0.2, -0.15) is 24.9 Å². The molecule has 14 heavy (non-hydrogen) atoms. The fourth-order valence-electron chi connectivity index (χ4n) is 0.711. The van der Waals surface area contributed by atoms with Gasteiger partial charge in [0.15, 0.2) is 0 Å². The summed E-state index contributed by atoms with van der Waals surface area (Å²) in [6.07, 6.45) is -3.48. The molecular formula is C7H7ClF3NOS. The predicted molar refractivity (Wildman–Crippen MR) is 48.3 cm³/mol. The van der Waals surface area contributed by atoms with E-state index >= 15 is 0 Å². The second-order valence-corrected chi connectivity index (χ2v) is 3.93. The second kappa shape index (κ2) is 4.93. The van der Waals surface area contributed by atoms with Crippen LogP contribution in [0.5, 0.6) is 0 Å². The van der Waals surface area contributed by atoms with E-state index in [1.54, 1.807) is 0 Å². The molecule has 80 valence electrons. The lowest BCUT2D eigenvalue weighted by molar-refractivity contribution is -0.129. The van der Waals surface area contributed by atoms with Crippen molar-refractivity contribution in [2.45, 2.75) is 18.3 Å². The maximum atomic E-state index is 11.7. The monoisotopic (exact) mass is 245 g/mol. The summed E-state index contributed by atoms with van der Waals surface area (Å²) in [7, 11) is 0. The van der Waals surface area contributed by atoms with Crippen molar-refractivity contribution in [2.75, 3.05) is 5.75 Å². The van der Waals surface area contributed by atoms with Gasteiger partial charge < -0.3 is 4.42 Å². The van der Waals surface area contributed by atoms with Crippen molar-refractivity contribution in [3.05, 3.63) is 17.3 Å². The zero-order valence-electron chi connectivity index (χ0n) is 6.97. The van der Waals surface area contributed by atoms with Gasteiger partial charge in [0.05, 0.1) is 18.4 Å². The van der Waals surface area contributed by atoms with Crippen LogP contribution >= 0.6 is 23.4 Å². The molecule has 0 amide bonds. The minimum absolute atomic E-state index is 0.0106. The van der Waals surface area contributed by atoms with Crippen molar-refractivity contribution >= 4 is 23.4 Å². The highest BCUT2D eigenvalue weighted by molar-refractivity contribution is 7.98. The highest BCUT2D eigenvalue weighted by Crippen LogP contribution is 2.24. The summed E-state index contributed by atoms with van der Waals surface area (Å²) in [5.41, 5.74) is 0. The Balaban J connectivity index is 2.16. The second-order valence-electron chi connectivity index (χ2n) is 2.50. The summed E-state index contributed by atoms with van der Waals surface area (Å²) in [5, 5.41) is 0.0106. The van der Waals surface area contributed by atoms with Crippen LogP contribution in [0.15, 0.2) is 10.6 Å². The van der Waals surface area contributed by atoms with Crippen LogP contribution < -0.4 is 0 Å². The van der Waals surface area contributed by atoms with Crippen molar-refractivity contribution < 1.29 is 17.6 Å². The smallest absolute Gasteiger partial charge is 0.389 e. The summed E-state index contributed by atoms with van der Waals surface area (Å²) in [5.74, 6) is 0.861. The van der Waals surface area contributed by atoms with Crippen LogP contribution in [0.3, 0.4) is 0 Å². The Labute approximate surface area is 87.8 Å². The van der Waals surface area contributed by atoms with Gasteiger partial charge in [0.2, 0.25) is 0 Å². The molecule has 0 aliphatic rings. The third-order valence-corrected chi connectivity index (χ3v) is 2.46. The summed E-state index contributed by atoms with van der Waals surface area (Å²) < 4.78 is 40.0. The molecule has 1 rings (SSSR count). The van der Waals surface area contributed by atoms with Crippen molar-refractivity contribution in [3.63, 3.8) is 0 Å². The molecule has 2 nitrogen and oxygen atoms in total. The normalized spacial score (nSPS) is 12.0. The lowest BCUT2D eigenvalue weighted by Gasteiger charge is -2.04. The zero-order chi connectivity index (χ0) is 10.6. The highest BCUT2D eigenvalue weighted by Gasteiger charge is 2.26. The first-order valence-electron chi connectivity index (χ1n) is 3.72. The van der Waals surface area contributed by atoms with Gasteiger partial charge in [-0.15, -0.1) is 0 Å². The molecule has 0 saturated carbocycles. The van der Waals surface area contributed by atoms with E-state index in [9.17, 15) is 13.2 Å². The molecule has 0 aliphatic heterocycles. The third kappa shape index (κ3) is 4.76. The van der Waals surface area contributed by atoms with E-state index in [4.69, 9.17) is 16.0 Å². The number of halogens is 4. The summed E-state index contributed by atoms with van der Waals surface area (Å²) >= 11 is 6.51. The largest absolute Gasteiger partial charge is 0.432 e. The fourth-order valence-corrected chi connectivity index (χ4v) is 1.71. The minimum atomic E-state index is -4.09. The SMILES string of the molecule is FC(F)(F)CCSCc1cnc(Cl)o1. The molecule has 0 fully saturated rings. The van der Waals surface area contributed by atoms with Crippen LogP contribution in [0.25, 0.3) is 0 Å². The van der Waals surface area contributed by atoms with Crippen LogP contribution in [-0.2, 0) is 5.75 Å². The summed E-state index contributed by atoms with van der Waals surface area (Å²) in [6.45, 7) is 0. The number of rotatable bonds is 4. The Bertz CT molecular complexity index is 289. The predicted octanol–water partition coefficient (Wildman–Crippen LogP) is 3.51. The first kappa shape index (κ1) is 11.7.